The number of hydrogen-bond donors (Lipinski definition) is 0. The molecule has 0 amide bonds. The van der Waals surface area contributed by atoms with Gasteiger partial charge in [0.1, 0.15) is 6.61 Å². The predicted octanol–water partition coefficient (Wildman–Crippen LogP) is 18.2. The summed E-state index contributed by atoms with van der Waals surface area (Å²) in [6.07, 6.45) is 72.9. The standard InChI is InChI=1S/C59H100O5/c1-4-7-10-13-16-19-22-25-27-29-31-33-36-39-42-45-48-51-54-62-55-57(64-59(61)53-50-47-44-41-38-34-24-21-18-15-12-9-6-3)56-63-58(60)52-49-46-43-40-37-35-32-30-28-26-23-20-17-14-11-8-5-2/h8-9,11-12,17-18,20-21,25-28,34,38,44,47,57H,4-7,10,13-16,19,22-24,29-33,35-37,39-43,45-46,48-56H2,1-3H3/b11-8-,12-9-,20-17-,21-18-,27-25-,28-26-,38-34-,47-44-. The van der Waals surface area contributed by atoms with Gasteiger partial charge in [-0.05, 0) is 103 Å². The second kappa shape index (κ2) is 54.2. The van der Waals surface area contributed by atoms with Crippen LogP contribution < -0.4 is 0 Å². The van der Waals surface area contributed by atoms with E-state index in [2.05, 4.69) is 112 Å². The maximum absolute atomic E-state index is 12.8. The molecule has 0 radical (unpaired) electrons. The number of carbonyl (C=O) groups is 2. The molecule has 1 unspecified atom stereocenters. The molecule has 0 aliphatic rings. The van der Waals surface area contributed by atoms with Gasteiger partial charge < -0.3 is 14.2 Å². The Bertz CT molecular complexity index is 1230. The molecule has 0 aromatic heterocycles. The zero-order valence-corrected chi connectivity index (χ0v) is 42.0. The van der Waals surface area contributed by atoms with Crippen LogP contribution in [0.1, 0.15) is 239 Å². The third-order valence-corrected chi connectivity index (χ3v) is 11.1. The van der Waals surface area contributed by atoms with Crippen LogP contribution in [0.3, 0.4) is 0 Å². The average Bonchev–Trinajstić information content (AvgIpc) is 3.30. The number of rotatable bonds is 48. The fraction of sp³-hybridized carbons (Fsp3) is 0.695. The normalized spacial score (nSPS) is 13.0. The molecule has 5 nitrogen and oxygen atoms in total. The van der Waals surface area contributed by atoms with Crippen LogP contribution in [0.5, 0.6) is 0 Å². The number of ether oxygens (including phenoxy) is 3. The highest BCUT2D eigenvalue weighted by molar-refractivity contribution is 5.70. The first kappa shape index (κ1) is 60.8. The third kappa shape index (κ3) is 51.5. The molecular weight excluding hydrogens is 789 g/mol. The first-order chi connectivity index (χ1) is 31.6. The van der Waals surface area contributed by atoms with E-state index < -0.39 is 6.10 Å². The van der Waals surface area contributed by atoms with E-state index in [1.165, 1.54) is 116 Å². The molecule has 5 heteroatoms. The van der Waals surface area contributed by atoms with E-state index in [4.69, 9.17) is 14.2 Å². The quantitative estimate of drug-likeness (QED) is 0.0346. The highest BCUT2D eigenvalue weighted by Gasteiger charge is 2.17. The van der Waals surface area contributed by atoms with Crippen molar-refractivity contribution in [2.75, 3.05) is 19.8 Å². The summed E-state index contributed by atoms with van der Waals surface area (Å²) >= 11 is 0. The van der Waals surface area contributed by atoms with E-state index in [1.807, 2.05) is 6.08 Å². The van der Waals surface area contributed by atoms with Gasteiger partial charge in [0.25, 0.3) is 0 Å². The van der Waals surface area contributed by atoms with Crippen molar-refractivity contribution in [1.82, 2.24) is 0 Å². The summed E-state index contributed by atoms with van der Waals surface area (Å²) < 4.78 is 17.3. The van der Waals surface area contributed by atoms with Crippen LogP contribution in [0.2, 0.25) is 0 Å². The zero-order valence-electron chi connectivity index (χ0n) is 42.0. The second-order valence-corrected chi connectivity index (χ2v) is 17.4. The lowest BCUT2D eigenvalue weighted by molar-refractivity contribution is -0.162. The Morgan fingerprint density at radius 3 is 1.20 bits per heavy atom. The van der Waals surface area contributed by atoms with Crippen molar-refractivity contribution in [3.8, 4) is 0 Å². The van der Waals surface area contributed by atoms with Crippen LogP contribution in [0.4, 0.5) is 0 Å². The average molecular weight is 889 g/mol. The molecule has 0 bridgehead atoms. The molecule has 0 spiro atoms. The topological polar surface area (TPSA) is 61.8 Å². The van der Waals surface area contributed by atoms with Gasteiger partial charge in [-0.1, -0.05) is 221 Å². The van der Waals surface area contributed by atoms with Gasteiger partial charge in [0.2, 0.25) is 0 Å². The largest absolute Gasteiger partial charge is 0.462 e. The summed E-state index contributed by atoms with van der Waals surface area (Å²) in [4.78, 5) is 25.4. The zero-order chi connectivity index (χ0) is 46.3. The van der Waals surface area contributed by atoms with E-state index in [9.17, 15) is 9.59 Å². The Hall–Kier alpha value is -3.18. The monoisotopic (exact) mass is 889 g/mol. The summed E-state index contributed by atoms with van der Waals surface area (Å²) in [5.41, 5.74) is 0. The Kier molecular flexibility index (Phi) is 51.5. The Morgan fingerprint density at radius 2 is 0.734 bits per heavy atom. The lowest BCUT2D eigenvalue weighted by Crippen LogP contribution is -2.30. The number of carbonyl (C=O) groups excluding carboxylic acids is 2. The molecule has 64 heavy (non-hydrogen) atoms. The Morgan fingerprint density at radius 1 is 0.359 bits per heavy atom. The summed E-state index contributed by atoms with van der Waals surface area (Å²) in [5.74, 6) is -0.504. The van der Waals surface area contributed by atoms with Crippen molar-refractivity contribution in [2.24, 2.45) is 0 Å². The minimum absolute atomic E-state index is 0.0461. The summed E-state index contributed by atoms with van der Waals surface area (Å²) in [5, 5.41) is 0. The fourth-order valence-corrected chi connectivity index (χ4v) is 7.18. The molecule has 0 aromatic rings. The number of esters is 2. The maximum atomic E-state index is 12.8. The van der Waals surface area contributed by atoms with Crippen LogP contribution >= 0.6 is 0 Å². The first-order valence-corrected chi connectivity index (χ1v) is 26.8. The van der Waals surface area contributed by atoms with E-state index in [-0.39, 0.29) is 25.2 Å². The molecule has 0 rings (SSSR count). The highest BCUT2D eigenvalue weighted by atomic mass is 16.6. The van der Waals surface area contributed by atoms with E-state index in [0.717, 1.165) is 83.5 Å². The molecule has 0 aromatic carbocycles. The van der Waals surface area contributed by atoms with Gasteiger partial charge in [-0.15, -0.1) is 0 Å². The van der Waals surface area contributed by atoms with Crippen molar-refractivity contribution in [1.29, 1.82) is 0 Å². The number of allylic oxidation sites excluding steroid dienone is 16. The molecule has 0 saturated heterocycles. The molecule has 0 saturated carbocycles. The first-order valence-electron chi connectivity index (χ1n) is 26.8. The number of hydrogen-bond acceptors (Lipinski definition) is 5. The molecule has 0 N–H and O–H groups in total. The summed E-state index contributed by atoms with van der Waals surface area (Å²) in [6, 6.07) is 0. The summed E-state index contributed by atoms with van der Waals surface area (Å²) in [6.45, 7) is 7.51. The molecule has 0 heterocycles. The second-order valence-electron chi connectivity index (χ2n) is 17.4. The van der Waals surface area contributed by atoms with Gasteiger partial charge in [0.05, 0.1) is 6.61 Å². The molecule has 1 atom stereocenters. The fourth-order valence-electron chi connectivity index (χ4n) is 7.18. The Labute approximate surface area is 396 Å². The molecular formula is C59H100O5. The molecule has 366 valence electrons. The lowest BCUT2D eigenvalue weighted by atomic mass is 10.1. The van der Waals surface area contributed by atoms with Crippen LogP contribution in [-0.4, -0.2) is 37.9 Å². The smallest absolute Gasteiger partial charge is 0.306 e. The van der Waals surface area contributed by atoms with Crippen LogP contribution in [0, 0.1) is 0 Å². The van der Waals surface area contributed by atoms with Crippen LogP contribution in [0.15, 0.2) is 97.2 Å². The van der Waals surface area contributed by atoms with E-state index in [0.29, 0.717) is 25.9 Å². The van der Waals surface area contributed by atoms with Gasteiger partial charge in [0, 0.05) is 19.4 Å². The van der Waals surface area contributed by atoms with Crippen molar-refractivity contribution in [2.45, 2.75) is 245 Å². The highest BCUT2D eigenvalue weighted by Crippen LogP contribution is 2.14. The third-order valence-electron chi connectivity index (χ3n) is 11.1. The maximum Gasteiger partial charge on any atom is 0.306 e. The van der Waals surface area contributed by atoms with Crippen molar-refractivity contribution < 1.29 is 23.8 Å². The van der Waals surface area contributed by atoms with Gasteiger partial charge in [-0.2, -0.15) is 0 Å². The predicted molar refractivity (Wildman–Crippen MR) is 279 cm³/mol. The lowest BCUT2D eigenvalue weighted by Gasteiger charge is -2.18. The van der Waals surface area contributed by atoms with Gasteiger partial charge >= 0.3 is 11.9 Å². The SMILES string of the molecule is CC/C=C\C/C=C\C/C=C\C/C=C\CCC(=O)OC(COCCCCCCCCCC/C=C\CCCCCCCC)COC(=O)CCCCCCCCC/C=C\C/C=C\C/C=C\CC. The van der Waals surface area contributed by atoms with Gasteiger partial charge in [0.15, 0.2) is 6.10 Å². The van der Waals surface area contributed by atoms with Crippen molar-refractivity contribution in [3.63, 3.8) is 0 Å². The van der Waals surface area contributed by atoms with Crippen LogP contribution in [0.25, 0.3) is 0 Å². The molecule has 0 aliphatic heterocycles. The Balaban J connectivity index is 4.35. The van der Waals surface area contributed by atoms with E-state index in [1.54, 1.807) is 0 Å². The summed E-state index contributed by atoms with van der Waals surface area (Å²) in [7, 11) is 0. The van der Waals surface area contributed by atoms with Gasteiger partial charge in [-0.25, -0.2) is 0 Å². The van der Waals surface area contributed by atoms with Gasteiger partial charge in [-0.3, -0.25) is 9.59 Å². The minimum atomic E-state index is -0.585. The van der Waals surface area contributed by atoms with Crippen molar-refractivity contribution in [3.05, 3.63) is 97.2 Å². The van der Waals surface area contributed by atoms with E-state index >= 15 is 0 Å². The van der Waals surface area contributed by atoms with Crippen molar-refractivity contribution >= 4 is 11.9 Å². The molecule has 0 aliphatic carbocycles. The van der Waals surface area contributed by atoms with Crippen LogP contribution in [-0.2, 0) is 23.8 Å². The minimum Gasteiger partial charge on any atom is -0.462 e. The molecule has 0 fully saturated rings. The number of unbranched alkanes of at least 4 members (excludes halogenated alkanes) is 21.